The molecule has 0 fully saturated rings. The second kappa shape index (κ2) is 9.00. The van der Waals surface area contributed by atoms with Gasteiger partial charge in [0.2, 0.25) is 0 Å². The zero-order chi connectivity index (χ0) is 15.8. The van der Waals surface area contributed by atoms with E-state index < -0.39 is 0 Å². The summed E-state index contributed by atoms with van der Waals surface area (Å²) in [5.41, 5.74) is 3.66. The molecular weight excluding hydrogens is 262 g/mol. The van der Waals surface area contributed by atoms with E-state index >= 15 is 0 Å². The van der Waals surface area contributed by atoms with Crippen molar-refractivity contribution in [3.63, 3.8) is 0 Å². The molecule has 0 unspecified atom stereocenters. The Kier molecular flexibility index (Phi) is 7.68. The summed E-state index contributed by atoms with van der Waals surface area (Å²) in [6, 6.07) is 2.16. The summed E-state index contributed by atoms with van der Waals surface area (Å²) < 4.78 is 5.65. The third-order valence-electron chi connectivity index (χ3n) is 3.42. The number of nitrogens with one attached hydrogen (secondary N) is 1. The topological polar surface area (TPSA) is 37.4 Å². The third kappa shape index (κ3) is 6.02. The molecule has 0 spiro atoms. The predicted molar refractivity (Wildman–Crippen MR) is 90.1 cm³/mol. The van der Waals surface area contributed by atoms with Crippen molar-refractivity contribution in [1.82, 2.24) is 10.3 Å². The van der Waals surface area contributed by atoms with Gasteiger partial charge in [-0.15, -0.1) is 0 Å². The Hall–Kier alpha value is -1.13. The minimum absolute atomic E-state index is 0.274. The van der Waals surface area contributed by atoms with Crippen molar-refractivity contribution in [2.75, 3.05) is 31.6 Å². The van der Waals surface area contributed by atoms with Crippen molar-refractivity contribution in [1.29, 1.82) is 0 Å². The summed E-state index contributed by atoms with van der Waals surface area (Å²) in [5.74, 6) is 1.07. The molecule has 4 heteroatoms. The summed E-state index contributed by atoms with van der Waals surface area (Å²) in [5, 5.41) is 3.48. The molecule has 120 valence electrons. The molecule has 1 aromatic heterocycles. The Morgan fingerprint density at radius 2 is 2.05 bits per heavy atom. The number of aryl methyl sites for hydroxylation is 2. The van der Waals surface area contributed by atoms with E-state index in [-0.39, 0.29) is 6.10 Å². The second-order valence-electron chi connectivity index (χ2n) is 5.90. The number of anilines is 1. The van der Waals surface area contributed by atoms with Gasteiger partial charge in [-0.05, 0) is 52.3 Å². The highest BCUT2D eigenvalue weighted by Gasteiger charge is 2.12. The second-order valence-corrected chi connectivity index (χ2v) is 5.90. The molecule has 0 aliphatic carbocycles. The predicted octanol–water partition coefficient (Wildman–Crippen LogP) is 3.06. The van der Waals surface area contributed by atoms with Crippen LogP contribution in [-0.2, 0) is 11.3 Å². The van der Waals surface area contributed by atoms with E-state index in [1.165, 1.54) is 11.1 Å². The maximum absolute atomic E-state index is 5.65. The molecule has 1 N–H and O–H groups in total. The number of aromatic nitrogens is 1. The number of hydrogen-bond donors (Lipinski definition) is 1. The van der Waals surface area contributed by atoms with Crippen molar-refractivity contribution in [2.24, 2.45) is 0 Å². The first-order valence-corrected chi connectivity index (χ1v) is 7.96. The van der Waals surface area contributed by atoms with Gasteiger partial charge in [0.1, 0.15) is 5.82 Å². The molecule has 0 aliphatic heterocycles. The molecule has 0 amide bonds. The van der Waals surface area contributed by atoms with Gasteiger partial charge in [-0.2, -0.15) is 0 Å². The third-order valence-corrected chi connectivity index (χ3v) is 3.42. The van der Waals surface area contributed by atoms with E-state index in [0.29, 0.717) is 0 Å². The number of hydrogen-bond acceptors (Lipinski definition) is 4. The number of rotatable bonds is 9. The summed E-state index contributed by atoms with van der Waals surface area (Å²) in [6.07, 6.45) is 1.42. The van der Waals surface area contributed by atoms with Crippen LogP contribution >= 0.6 is 0 Å². The van der Waals surface area contributed by atoms with Crippen LogP contribution in [0.25, 0.3) is 0 Å². The van der Waals surface area contributed by atoms with Crippen LogP contribution in [0.1, 0.15) is 44.0 Å². The molecular formula is C17H31N3O. The summed E-state index contributed by atoms with van der Waals surface area (Å²) in [6.45, 7) is 14.0. The van der Waals surface area contributed by atoms with Gasteiger partial charge in [-0.25, -0.2) is 4.98 Å². The van der Waals surface area contributed by atoms with Gasteiger partial charge in [-0.3, -0.25) is 0 Å². The van der Waals surface area contributed by atoms with Gasteiger partial charge >= 0.3 is 0 Å². The highest BCUT2D eigenvalue weighted by Crippen LogP contribution is 2.21. The Balaban J connectivity index is 2.81. The minimum atomic E-state index is 0.274. The van der Waals surface area contributed by atoms with E-state index in [0.717, 1.165) is 44.2 Å². The largest absolute Gasteiger partial charge is 0.377 e. The maximum Gasteiger partial charge on any atom is 0.133 e. The van der Waals surface area contributed by atoms with Crippen LogP contribution in [0.5, 0.6) is 0 Å². The Morgan fingerprint density at radius 3 is 2.67 bits per heavy atom. The smallest absolute Gasteiger partial charge is 0.133 e. The summed E-state index contributed by atoms with van der Waals surface area (Å²) in [7, 11) is 2.09. The van der Waals surface area contributed by atoms with Crippen LogP contribution in [-0.4, -0.2) is 37.8 Å². The van der Waals surface area contributed by atoms with Crippen molar-refractivity contribution in [3.05, 3.63) is 22.9 Å². The van der Waals surface area contributed by atoms with Crippen LogP contribution in [0.15, 0.2) is 6.07 Å². The van der Waals surface area contributed by atoms with Crippen LogP contribution in [0.4, 0.5) is 5.82 Å². The maximum atomic E-state index is 5.65. The lowest BCUT2D eigenvalue weighted by Gasteiger charge is -2.24. The molecule has 0 saturated heterocycles. The summed E-state index contributed by atoms with van der Waals surface area (Å²) in [4.78, 5) is 6.94. The number of ether oxygens (including phenoxy) is 1. The zero-order valence-electron chi connectivity index (χ0n) is 14.5. The molecule has 0 aliphatic rings. The fourth-order valence-corrected chi connectivity index (χ4v) is 2.30. The van der Waals surface area contributed by atoms with Crippen molar-refractivity contribution in [2.45, 2.75) is 53.7 Å². The first-order chi connectivity index (χ1) is 9.95. The normalized spacial score (nSPS) is 11.2. The van der Waals surface area contributed by atoms with Gasteiger partial charge < -0.3 is 15.0 Å². The van der Waals surface area contributed by atoms with Crippen molar-refractivity contribution < 1.29 is 4.74 Å². The van der Waals surface area contributed by atoms with E-state index in [4.69, 9.17) is 9.72 Å². The first kappa shape index (κ1) is 17.9. The van der Waals surface area contributed by atoms with Crippen LogP contribution in [0.3, 0.4) is 0 Å². The fraction of sp³-hybridized carbons (Fsp3) is 0.706. The summed E-state index contributed by atoms with van der Waals surface area (Å²) >= 11 is 0. The highest BCUT2D eigenvalue weighted by atomic mass is 16.5. The molecule has 4 nitrogen and oxygen atoms in total. The molecule has 0 bridgehead atoms. The lowest BCUT2D eigenvalue weighted by atomic mass is 10.1. The molecule has 0 radical (unpaired) electrons. The van der Waals surface area contributed by atoms with Crippen molar-refractivity contribution >= 4 is 5.82 Å². The molecule has 21 heavy (non-hydrogen) atoms. The van der Waals surface area contributed by atoms with Crippen molar-refractivity contribution in [3.8, 4) is 0 Å². The quantitative estimate of drug-likeness (QED) is 0.710. The van der Waals surface area contributed by atoms with E-state index in [9.17, 15) is 0 Å². The Bertz CT molecular complexity index is 432. The minimum Gasteiger partial charge on any atom is -0.377 e. The fourth-order valence-electron chi connectivity index (χ4n) is 2.30. The Morgan fingerprint density at radius 1 is 1.33 bits per heavy atom. The van der Waals surface area contributed by atoms with Crippen LogP contribution in [0.2, 0.25) is 0 Å². The standard InChI is InChI=1S/C17H31N3O/c1-7-8-18-12-16-14(4)11-15(5)19-17(16)20(6)9-10-21-13(2)3/h11,13,18H,7-10,12H2,1-6H3. The molecule has 0 atom stereocenters. The SMILES string of the molecule is CCCNCc1c(C)cc(C)nc1N(C)CCOC(C)C. The number of likely N-dealkylation sites (N-methyl/N-ethyl adjacent to an activating group) is 1. The molecule has 0 saturated carbocycles. The van der Waals surface area contributed by atoms with Gasteiger partial charge in [0.25, 0.3) is 0 Å². The average Bonchev–Trinajstić information content (AvgIpc) is 2.40. The molecule has 1 rings (SSSR count). The first-order valence-electron chi connectivity index (χ1n) is 7.96. The van der Waals surface area contributed by atoms with Crippen LogP contribution in [0, 0.1) is 13.8 Å². The highest BCUT2D eigenvalue weighted by molar-refractivity contribution is 5.51. The molecule has 0 aromatic carbocycles. The monoisotopic (exact) mass is 293 g/mol. The number of nitrogens with zero attached hydrogens (tertiary/aromatic N) is 2. The van der Waals surface area contributed by atoms with E-state index in [1.54, 1.807) is 0 Å². The molecule has 1 aromatic rings. The number of pyridine rings is 1. The van der Waals surface area contributed by atoms with E-state index in [1.807, 2.05) is 0 Å². The lowest BCUT2D eigenvalue weighted by molar-refractivity contribution is 0.0845. The van der Waals surface area contributed by atoms with Gasteiger partial charge in [0, 0.05) is 31.4 Å². The zero-order valence-corrected chi connectivity index (χ0v) is 14.5. The van der Waals surface area contributed by atoms with Crippen LogP contribution < -0.4 is 10.2 Å². The average molecular weight is 293 g/mol. The lowest BCUT2D eigenvalue weighted by Crippen LogP contribution is -2.27. The van der Waals surface area contributed by atoms with Gasteiger partial charge in [0.05, 0.1) is 12.7 Å². The van der Waals surface area contributed by atoms with E-state index in [2.05, 4.69) is 57.9 Å². The van der Waals surface area contributed by atoms with Gasteiger partial charge in [-0.1, -0.05) is 6.92 Å². The van der Waals surface area contributed by atoms with Gasteiger partial charge in [0.15, 0.2) is 0 Å². The Labute approximate surface area is 129 Å². The molecule has 1 heterocycles.